The molecule has 1 heterocycles. The number of thiazole rings is 1. The van der Waals surface area contributed by atoms with Crippen LogP contribution in [0.25, 0.3) is 11.3 Å². The van der Waals surface area contributed by atoms with E-state index in [1.165, 1.54) is 20.1 Å². The molecule has 1 amide bonds. The topological polar surface area (TPSA) is 77.5 Å². The van der Waals surface area contributed by atoms with Crippen LogP contribution in [0.1, 0.15) is 6.92 Å². The van der Waals surface area contributed by atoms with E-state index in [2.05, 4.69) is 15.0 Å². The predicted octanol–water partition coefficient (Wildman–Crippen LogP) is 2.60. The molecular weight excluding hydrogens is 342 g/mol. The van der Waals surface area contributed by atoms with E-state index in [0.29, 0.717) is 11.3 Å². The number of benzene rings is 1. The van der Waals surface area contributed by atoms with Crippen molar-refractivity contribution in [3.05, 3.63) is 35.2 Å². The van der Waals surface area contributed by atoms with Gasteiger partial charge >= 0.3 is 5.97 Å². The predicted molar refractivity (Wildman–Crippen MR) is 83.5 cm³/mol. The van der Waals surface area contributed by atoms with Gasteiger partial charge in [0.1, 0.15) is 6.61 Å². The van der Waals surface area contributed by atoms with Crippen molar-refractivity contribution in [2.45, 2.75) is 13.0 Å². The maximum Gasteiger partial charge on any atom is 0.332 e. The first kappa shape index (κ1) is 18.0. The Hall–Kier alpha value is -2.39. The number of ether oxygens (including phenoxy) is 2. The molecular formula is C15H14F2N2O4S. The summed E-state index contributed by atoms with van der Waals surface area (Å²) in [5.74, 6) is -3.16. The van der Waals surface area contributed by atoms with Crippen LogP contribution < -0.4 is 5.32 Å². The third kappa shape index (κ3) is 4.56. The minimum absolute atomic E-state index is 0.245. The molecule has 0 radical (unpaired) electrons. The molecule has 0 unspecified atom stereocenters. The second kappa shape index (κ2) is 7.93. The van der Waals surface area contributed by atoms with E-state index in [4.69, 9.17) is 4.74 Å². The lowest BCUT2D eigenvalue weighted by molar-refractivity contribution is -0.156. The van der Waals surface area contributed by atoms with E-state index >= 15 is 0 Å². The van der Waals surface area contributed by atoms with Crippen LogP contribution in [0.4, 0.5) is 13.9 Å². The van der Waals surface area contributed by atoms with Gasteiger partial charge < -0.3 is 9.47 Å². The molecule has 0 saturated carbocycles. The average molecular weight is 356 g/mol. The summed E-state index contributed by atoms with van der Waals surface area (Å²) < 4.78 is 35.6. The zero-order valence-electron chi connectivity index (χ0n) is 12.8. The van der Waals surface area contributed by atoms with Gasteiger partial charge in [-0.25, -0.2) is 18.6 Å². The van der Waals surface area contributed by atoms with Gasteiger partial charge in [-0.3, -0.25) is 10.1 Å². The monoisotopic (exact) mass is 356 g/mol. The Balaban J connectivity index is 2.01. The third-order valence-electron chi connectivity index (χ3n) is 2.89. The summed E-state index contributed by atoms with van der Waals surface area (Å²) in [5, 5.41) is 4.32. The summed E-state index contributed by atoms with van der Waals surface area (Å²) in [5.41, 5.74) is 0.767. The third-order valence-corrected chi connectivity index (χ3v) is 3.65. The molecule has 128 valence electrons. The molecule has 1 N–H and O–H groups in total. The molecule has 0 aliphatic heterocycles. The van der Waals surface area contributed by atoms with Crippen molar-refractivity contribution < 1.29 is 27.8 Å². The van der Waals surface area contributed by atoms with Crippen LogP contribution in [0.2, 0.25) is 0 Å². The van der Waals surface area contributed by atoms with Gasteiger partial charge in [-0.2, -0.15) is 0 Å². The van der Waals surface area contributed by atoms with Gasteiger partial charge in [0, 0.05) is 18.1 Å². The summed E-state index contributed by atoms with van der Waals surface area (Å²) in [6.45, 7) is 1.15. The minimum atomic E-state index is -1.02. The van der Waals surface area contributed by atoms with E-state index in [0.717, 1.165) is 23.5 Å². The van der Waals surface area contributed by atoms with Crippen molar-refractivity contribution in [1.29, 1.82) is 0 Å². The van der Waals surface area contributed by atoms with Gasteiger partial charge in [0.2, 0.25) is 0 Å². The molecule has 0 aliphatic rings. The normalized spacial score (nSPS) is 11.8. The minimum Gasteiger partial charge on any atom is -0.451 e. The molecule has 24 heavy (non-hydrogen) atoms. The molecule has 2 aromatic rings. The standard InChI is InChI=1S/C15H14F2N2O4S/c1-8(23-13(20)6-22-2)14(21)19-15-18-12(7-24-15)9-3-4-10(16)11(17)5-9/h3-5,7-8H,6H2,1-2H3,(H,18,19,21)/t8-/m1/s1. The fourth-order valence-corrected chi connectivity index (χ4v) is 2.45. The van der Waals surface area contributed by atoms with Gasteiger partial charge in [0.15, 0.2) is 22.9 Å². The quantitative estimate of drug-likeness (QED) is 0.805. The summed E-state index contributed by atoms with van der Waals surface area (Å²) in [7, 11) is 1.33. The highest BCUT2D eigenvalue weighted by Gasteiger charge is 2.19. The van der Waals surface area contributed by atoms with Gasteiger partial charge in [-0.1, -0.05) is 0 Å². The molecule has 1 aromatic carbocycles. The zero-order valence-corrected chi connectivity index (χ0v) is 13.7. The summed E-state index contributed by atoms with van der Waals surface area (Å²) in [6.07, 6.45) is -1.02. The SMILES string of the molecule is COCC(=O)O[C@H](C)C(=O)Nc1nc(-c2ccc(F)c(F)c2)cs1. The number of amides is 1. The molecule has 0 saturated heterocycles. The highest BCUT2D eigenvalue weighted by Crippen LogP contribution is 2.26. The molecule has 0 aliphatic carbocycles. The van der Waals surface area contributed by atoms with Crippen LogP contribution in [-0.2, 0) is 19.1 Å². The highest BCUT2D eigenvalue weighted by molar-refractivity contribution is 7.14. The Bertz CT molecular complexity index is 751. The largest absolute Gasteiger partial charge is 0.451 e. The number of nitrogens with zero attached hydrogens (tertiary/aromatic N) is 1. The maximum absolute atomic E-state index is 13.2. The Morgan fingerprint density at radius 3 is 2.75 bits per heavy atom. The fraction of sp³-hybridized carbons (Fsp3) is 0.267. The van der Waals surface area contributed by atoms with Crippen molar-refractivity contribution >= 4 is 28.3 Å². The van der Waals surface area contributed by atoms with Crippen molar-refractivity contribution in [3.63, 3.8) is 0 Å². The first-order chi connectivity index (χ1) is 11.4. The molecule has 1 atom stereocenters. The fourth-order valence-electron chi connectivity index (χ4n) is 1.73. The smallest absolute Gasteiger partial charge is 0.332 e. The van der Waals surface area contributed by atoms with E-state index in [-0.39, 0.29) is 11.7 Å². The summed E-state index contributed by atoms with van der Waals surface area (Å²) in [4.78, 5) is 27.3. The second-order valence-electron chi connectivity index (χ2n) is 4.72. The molecule has 0 bridgehead atoms. The van der Waals surface area contributed by atoms with Crippen LogP contribution in [-0.4, -0.2) is 36.7 Å². The maximum atomic E-state index is 13.2. The van der Waals surface area contributed by atoms with Crippen molar-refractivity contribution in [1.82, 2.24) is 4.98 Å². The first-order valence-electron chi connectivity index (χ1n) is 6.81. The van der Waals surface area contributed by atoms with Crippen LogP contribution >= 0.6 is 11.3 Å². The number of esters is 1. The molecule has 2 rings (SSSR count). The highest BCUT2D eigenvalue weighted by atomic mass is 32.1. The number of hydrogen-bond donors (Lipinski definition) is 1. The molecule has 9 heteroatoms. The second-order valence-corrected chi connectivity index (χ2v) is 5.58. The lowest BCUT2D eigenvalue weighted by atomic mass is 10.2. The van der Waals surface area contributed by atoms with Crippen molar-refractivity contribution in [2.75, 3.05) is 19.0 Å². The Morgan fingerprint density at radius 2 is 2.08 bits per heavy atom. The number of nitrogens with one attached hydrogen (secondary N) is 1. The van der Waals surface area contributed by atoms with Crippen molar-refractivity contribution in [3.8, 4) is 11.3 Å². The Kier molecular flexibility index (Phi) is 5.93. The zero-order chi connectivity index (χ0) is 17.7. The Labute approximate surface area is 140 Å². The van der Waals surface area contributed by atoms with Crippen LogP contribution in [0.5, 0.6) is 0 Å². The van der Waals surface area contributed by atoms with Gasteiger partial charge in [-0.05, 0) is 25.1 Å². The number of methoxy groups -OCH3 is 1. The number of halogens is 2. The van der Waals surface area contributed by atoms with Crippen molar-refractivity contribution in [2.24, 2.45) is 0 Å². The van der Waals surface area contributed by atoms with Gasteiger partial charge in [0.05, 0.1) is 5.69 Å². The van der Waals surface area contributed by atoms with Gasteiger partial charge in [-0.15, -0.1) is 11.3 Å². The van der Waals surface area contributed by atoms with E-state index in [1.54, 1.807) is 5.38 Å². The van der Waals surface area contributed by atoms with Crippen LogP contribution in [0.15, 0.2) is 23.6 Å². The number of anilines is 1. The summed E-state index contributed by atoms with van der Waals surface area (Å²) in [6, 6.07) is 3.40. The van der Waals surface area contributed by atoms with Crippen LogP contribution in [0, 0.1) is 11.6 Å². The number of rotatable bonds is 6. The van der Waals surface area contributed by atoms with Gasteiger partial charge in [0.25, 0.3) is 5.91 Å². The number of aromatic nitrogens is 1. The molecule has 0 fully saturated rings. The van der Waals surface area contributed by atoms with E-state index in [9.17, 15) is 18.4 Å². The summed E-state index contributed by atoms with van der Waals surface area (Å²) >= 11 is 1.10. The molecule has 1 aromatic heterocycles. The molecule has 6 nitrogen and oxygen atoms in total. The number of hydrogen-bond acceptors (Lipinski definition) is 6. The number of carbonyl (C=O) groups excluding carboxylic acids is 2. The molecule has 0 spiro atoms. The van der Waals surface area contributed by atoms with Crippen LogP contribution in [0.3, 0.4) is 0 Å². The average Bonchev–Trinajstić information content (AvgIpc) is 2.98. The first-order valence-corrected chi connectivity index (χ1v) is 7.69. The lowest BCUT2D eigenvalue weighted by Gasteiger charge is -2.11. The van der Waals surface area contributed by atoms with E-state index in [1.807, 2.05) is 0 Å². The number of carbonyl (C=O) groups is 2. The Morgan fingerprint density at radius 1 is 1.33 bits per heavy atom. The van der Waals surface area contributed by atoms with E-state index < -0.39 is 29.6 Å². The lowest BCUT2D eigenvalue weighted by Crippen LogP contribution is -2.31.